The van der Waals surface area contributed by atoms with Crippen molar-refractivity contribution in [1.82, 2.24) is 5.32 Å². The first-order valence-electron chi connectivity index (χ1n) is 8.91. The van der Waals surface area contributed by atoms with Crippen LogP contribution in [0.25, 0.3) is 0 Å². The van der Waals surface area contributed by atoms with Crippen molar-refractivity contribution in [2.24, 2.45) is 5.92 Å². The van der Waals surface area contributed by atoms with Gasteiger partial charge in [0.15, 0.2) is 0 Å². The molecular formula is C21H19F3N2O3. The van der Waals surface area contributed by atoms with Crippen LogP contribution in [0.4, 0.5) is 24.5 Å². The zero-order valence-electron chi connectivity index (χ0n) is 15.4. The Morgan fingerprint density at radius 2 is 1.90 bits per heavy atom. The van der Waals surface area contributed by atoms with Gasteiger partial charge in [0.25, 0.3) is 0 Å². The number of hydrogen-bond acceptors (Lipinski definition) is 3. The third-order valence-corrected chi connectivity index (χ3v) is 4.86. The third-order valence-electron chi connectivity index (χ3n) is 4.86. The number of carbonyl (C=O) groups is 2. The largest absolute Gasteiger partial charge is 0.478 e. The monoisotopic (exact) mass is 404 g/mol. The Hall–Kier alpha value is -3.29. The fourth-order valence-electron chi connectivity index (χ4n) is 3.48. The summed E-state index contributed by atoms with van der Waals surface area (Å²) < 4.78 is 38.7. The molecule has 0 radical (unpaired) electrons. The normalized spacial score (nSPS) is 16.1. The third kappa shape index (κ3) is 4.42. The summed E-state index contributed by atoms with van der Waals surface area (Å²) in [7, 11) is 0. The molecule has 0 spiro atoms. The Kier molecular flexibility index (Phi) is 5.63. The summed E-state index contributed by atoms with van der Waals surface area (Å²) in [5.41, 5.74) is 1.12. The van der Waals surface area contributed by atoms with E-state index >= 15 is 0 Å². The minimum Gasteiger partial charge on any atom is -0.478 e. The molecule has 3 rings (SSSR count). The van der Waals surface area contributed by atoms with Crippen LogP contribution in [0.15, 0.2) is 55.1 Å². The highest BCUT2D eigenvalue weighted by Crippen LogP contribution is 2.38. The molecule has 1 aliphatic heterocycles. The average Bonchev–Trinajstić information content (AvgIpc) is 2.70. The number of benzene rings is 2. The zero-order valence-corrected chi connectivity index (χ0v) is 15.4. The molecule has 1 amide bonds. The Morgan fingerprint density at radius 3 is 2.48 bits per heavy atom. The maximum Gasteiger partial charge on any atom is 0.416 e. The van der Waals surface area contributed by atoms with E-state index in [1.54, 1.807) is 17.0 Å². The van der Waals surface area contributed by atoms with Crippen molar-refractivity contribution >= 4 is 23.3 Å². The van der Waals surface area contributed by atoms with E-state index in [1.165, 1.54) is 18.2 Å². The number of hydrogen-bond donors (Lipinski definition) is 2. The van der Waals surface area contributed by atoms with Gasteiger partial charge in [-0.1, -0.05) is 12.6 Å². The zero-order chi connectivity index (χ0) is 21.2. The lowest BCUT2D eigenvalue weighted by molar-refractivity contribution is -0.137. The molecule has 2 aromatic carbocycles. The predicted octanol–water partition coefficient (Wildman–Crippen LogP) is 4.02. The molecule has 0 fully saturated rings. The van der Waals surface area contributed by atoms with E-state index < -0.39 is 17.7 Å². The number of anilines is 2. The highest BCUT2D eigenvalue weighted by atomic mass is 19.4. The van der Waals surface area contributed by atoms with Gasteiger partial charge in [0.1, 0.15) is 0 Å². The number of amides is 1. The number of rotatable bonds is 5. The summed E-state index contributed by atoms with van der Waals surface area (Å²) in [6.07, 6.45) is -2.87. The average molecular weight is 404 g/mol. The van der Waals surface area contributed by atoms with Gasteiger partial charge in [0.2, 0.25) is 5.91 Å². The SMILES string of the molecule is C=CC(=O)NCC1Cc2c(C(=O)O)cccc2N(c2ccc(C(F)(F)F)cc2)C1. The number of carboxylic acid groups (broad SMARTS) is 1. The Morgan fingerprint density at radius 1 is 1.21 bits per heavy atom. The van der Waals surface area contributed by atoms with Gasteiger partial charge in [0, 0.05) is 24.5 Å². The highest BCUT2D eigenvalue weighted by molar-refractivity contribution is 5.92. The van der Waals surface area contributed by atoms with E-state index in [2.05, 4.69) is 11.9 Å². The van der Waals surface area contributed by atoms with Gasteiger partial charge in [-0.25, -0.2) is 4.79 Å². The van der Waals surface area contributed by atoms with Crippen molar-refractivity contribution in [3.63, 3.8) is 0 Å². The van der Waals surface area contributed by atoms with Crippen molar-refractivity contribution in [1.29, 1.82) is 0 Å². The molecule has 0 aliphatic carbocycles. The number of fused-ring (bicyclic) bond motifs is 1. The number of nitrogens with one attached hydrogen (secondary N) is 1. The smallest absolute Gasteiger partial charge is 0.416 e. The summed E-state index contributed by atoms with van der Waals surface area (Å²) in [5.74, 6) is -1.55. The van der Waals surface area contributed by atoms with Crippen molar-refractivity contribution in [3.05, 3.63) is 71.8 Å². The van der Waals surface area contributed by atoms with E-state index in [4.69, 9.17) is 0 Å². The minimum atomic E-state index is -4.44. The molecule has 0 saturated carbocycles. The summed E-state index contributed by atoms with van der Waals surface area (Å²) in [5, 5.41) is 12.2. The van der Waals surface area contributed by atoms with E-state index in [0.29, 0.717) is 29.9 Å². The van der Waals surface area contributed by atoms with Crippen LogP contribution in [0, 0.1) is 5.92 Å². The maximum atomic E-state index is 12.9. The van der Waals surface area contributed by atoms with E-state index in [0.717, 1.165) is 18.2 Å². The molecule has 29 heavy (non-hydrogen) atoms. The van der Waals surface area contributed by atoms with Crippen LogP contribution in [-0.4, -0.2) is 30.1 Å². The lowest BCUT2D eigenvalue weighted by Gasteiger charge is -2.37. The van der Waals surface area contributed by atoms with Crippen LogP contribution >= 0.6 is 0 Å². The summed E-state index contributed by atoms with van der Waals surface area (Å²) in [6.45, 7) is 4.10. The standard InChI is InChI=1S/C21H19F3N2O3/c1-2-19(27)25-11-13-10-17-16(20(28)29)4-3-5-18(17)26(12-13)15-8-6-14(7-9-15)21(22,23)24/h2-9,13H,1,10-12H2,(H,25,27)(H,28,29). The second kappa shape index (κ2) is 7.98. The number of halogens is 3. The lowest BCUT2D eigenvalue weighted by Crippen LogP contribution is -2.39. The second-order valence-electron chi connectivity index (χ2n) is 6.78. The molecule has 1 unspecified atom stereocenters. The number of aromatic carboxylic acids is 1. The van der Waals surface area contributed by atoms with Gasteiger partial charge >= 0.3 is 12.1 Å². The number of carbonyl (C=O) groups excluding carboxylic acids is 1. The molecule has 5 nitrogen and oxygen atoms in total. The van der Waals surface area contributed by atoms with E-state index in [9.17, 15) is 27.9 Å². The van der Waals surface area contributed by atoms with Crippen molar-refractivity contribution in [2.45, 2.75) is 12.6 Å². The number of alkyl halides is 3. The molecule has 2 N–H and O–H groups in total. The van der Waals surface area contributed by atoms with Crippen LogP contribution in [0.2, 0.25) is 0 Å². The molecule has 0 bridgehead atoms. The van der Waals surface area contributed by atoms with Gasteiger partial charge in [-0.2, -0.15) is 13.2 Å². The Labute approximate surface area is 165 Å². The van der Waals surface area contributed by atoms with Crippen molar-refractivity contribution in [2.75, 3.05) is 18.0 Å². The summed E-state index contributed by atoms with van der Waals surface area (Å²) >= 11 is 0. The van der Waals surface area contributed by atoms with Gasteiger partial charge in [-0.05, 0) is 60.4 Å². The van der Waals surface area contributed by atoms with Gasteiger partial charge < -0.3 is 15.3 Å². The number of nitrogens with zero attached hydrogens (tertiary/aromatic N) is 1. The predicted molar refractivity (Wildman–Crippen MR) is 102 cm³/mol. The first-order valence-corrected chi connectivity index (χ1v) is 8.91. The Balaban J connectivity index is 1.99. The molecule has 1 heterocycles. The minimum absolute atomic E-state index is 0.130. The molecular weight excluding hydrogens is 385 g/mol. The molecule has 1 aliphatic rings. The van der Waals surface area contributed by atoms with Crippen LogP contribution in [0.5, 0.6) is 0 Å². The highest BCUT2D eigenvalue weighted by Gasteiger charge is 2.32. The van der Waals surface area contributed by atoms with Crippen LogP contribution in [0.1, 0.15) is 21.5 Å². The van der Waals surface area contributed by atoms with Gasteiger partial charge in [0.05, 0.1) is 11.1 Å². The van der Waals surface area contributed by atoms with E-state index in [1.807, 2.05) is 0 Å². The first-order chi connectivity index (χ1) is 13.7. The second-order valence-corrected chi connectivity index (χ2v) is 6.78. The lowest BCUT2D eigenvalue weighted by atomic mass is 9.88. The molecule has 0 saturated heterocycles. The summed E-state index contributed by atoms with van der Waals surface area (Å²) in [6, 6.07) is 9.59. The van der Waals surface area contributed by atoms with Gasteiger partial charge in [-0.3, -0.25) is 4.79 Å². The molecule has 1 atom stereocenters. The molecule has 0 aromatic heterocycles. The number of carboxylic acids is 1. The Bertz CT molecular complexity index is 939. The topological polar surface area (TPSA) is 69.6 Å². The van der Waals surface area contributed by atoms with Crippen molar-refractivity contribution < 1.29 is 27.9 Å². The van der Waals surface area contributed by atoms with Crippen molar-refractivity contribution in [3.8, 4) is 0 Å². The first kappa shape index (κ1) is 20.4. The quantitative estimate of drug-likeness (QED) is 0.739. The maximum absolute atomic E-state index is 12.9. The van der Waals surface area contributed by atoms with Crippen LogP contribution in [-0.2, 0) is 17.4 Å². The fourth-order valence-corrected chi connectivity index (χ4v) is 3.48. The van der Waals surface area contributed by atoms with Crippen LogP contribution in [0.3, 0.4) is 0 Å². The van der Waals surface area contributed by atoms with E-state index in [-0.39, 0.29) is 23.9 Å². The molecule has 2 aromatic rings. The van der Waals surface area contributed by atoms with Gasteiger partial charge in [-0.15, -0.1) is 0 Å². The fraction of sp³-hybridized carbons (Fsp3) is 0.238. The summed E-state index contributed by atoms with van der Waals surface area (Å²) in [4.78, 5) is 25.0. The van der Waals surface area contributed by atoms with Crippen LogP contribution < -0.4 is 10.2 Å². The molecule has 8 heteroatoms. The molecule has 152 valence electrons.